The Bertz CT molecular complexity index is 715. The van der Waals surface area contributed by atoms with Crippen LogP contribution in [0.15, 0.2) is 53.4 Å². The number of sulfonamides is 1. The summed E-state index contributed by atoms with van der Waals surface area (Å²) in [6, 6.07) is 14.6. The Morgan fingerprint density at radius 1 is 1.10 bits per heavy atom. The fourth-order valence-electron chi connectivity index (χ4n) is 2.14. The van der Waals surface area contributed by atoms with E-state index in [2.05, 4.69) is 0 Å². The van der Waals surface area contributed by atoms with Crippen LogP contribution < -0.4 is 15.8 Å². The molecule has 0 radical (unpaired) electrons. The zero-order chi connectivity index (χ0) is 15.5. The maximum absolute atomic E-state index is 11.5. The van der Waals surface area contributed by atoms with Gasteiger partial charge in [0.25, 0.3) is 0 Å². The van der Waals surface area contributed by atoms with Gasteiger partial charge in [0, 0.05) is 24.5 Å². The highest BCUT2D eigenvalue weighted by Crippen LogP contribution is 2.24. The number of rotatable bonds is 5. The Balaban J connectivity index is 2.36. The van der Waals surface area contributed by atoms with Gasteiger partial charge in [-0.3, -0.25) is 0 Å². The summed E-state index contributed by atoms with van der Waals surface area (Å²) in [5.41, 5.74) is 8.05. The SMILES string of the molecule is CCN(Cc1ccccc1)c1cc(N)cc(S(N)(=O)=O)c1. The number of anilines is 2. The lowest BCUT2D eigenvalue weighted by molar-refractivity contribution is 0.598. The fraction of sp³-hybridized carbons (Fsp3) is 0.200. The van der Waals surface area contributed by atoms with Gasteiger partial charge in [-0.25, -0.2) is 13.6 Å². The minimum Gasteiger partial charge on any atom is -0.399 e. The molecule has 21 heavy (non-hydrogen) atoms. The summed E-state index contributed by atoms with van der Waals surface area (Å²) in [5.74, 6) is 0. The van der Waals surface area contributed by atoms with Crippen LogP contribution in [0.5, 0.6) is 0 Å². The molecule has 0 saturated heterocycles. The maximum Gasteiger partial charge on any atom is 0.238 e. The topological polar surface area (TPSA) is 89.4 Å². The number of nitrogen functional groups attached to an aromatic ring is 1. The van der Waals surface area contributed by atoms with Crippen molar-refractivity contribution < 1.29 is 8.42 Å². The molecule has 0 amide bonds. The molecule has 2 aromatic rings. The minimum atomic E-state index is -3.77. The number of nitrogens with two attached hydrogens (primary N) is 2. The van der Waals surface area contributed by atoms with Crippen LogP contribution in [0.3, 0.4) is 0 Å². The Morgan fingerprint density at radius 2 is 1.76 bits per heavy atom. The molecule has 0 fully saturated rings. The molecule has 2 aromatic carbocycles. The molecule has 0 spiro atoms. The Labute approximate surface area is 125 Å². The molecule has 0 aliphatic carbocycles. The van der Waals surface area contributed by atoms with E-state index in [1.165, 1.54) is 6.07 Å². The highest BCUT2D eigenvalue weighted by atomic mass is 32.2. The van der Waals surface area contributed by atoms with Crippen LogP contribution in [-0.2, 0) is 16.6 Å². The van der Waals surface area contributed by atoms with Crippen LogP contribution in [-0.4, -0.2) is 15.0 Å². The molecule has 0 aliphatic heterocycles. The molecule has 2 rings (SSSR count). The molecular weight excluding hydrogens is 286 g/mol. The van der Waals surface area contributed by atoms with Crippen molar-refractivity contribution in [3.05, 3.63) is 54.1 Å². The highest BCUT2D eigenvalue weighted by molar-refractivity contribution is 7.89. The quantitative estimate of drug-likeness (QED) is 0.826. The van der Waals surface area contributed by atoms with Gasteiger partial charge in [0.2, 0.25) is 10.0 Å². The average Bonchev–Trinajstić information content (AvgIpc) is 2.44. The van der Waals surface area contributed by atoms with Crippen LogP contribution in [0.25, 0.3) is 0 Å². The van der Waals surface area contributed by atoms with E-state index >= 15 is 0 Å². The summed E-state index contributed by atoms with van der Waals surface area (Å²) in [7, 11) is -3.77. The number of nitrogens with zero attached hydrogens (tertiary/aromatic N) is 1. The highest BCUT2D eigenvalue weighted by Gasteiger charge is 2.13. The maximum atomic E-state index is 11.5. The number of primary sulfonamides is 1. The largest absolute Gasteiger partial charge is 0.399 e. The van der Waals surface area contributed by atoms with Crippen LogP contribution in [0, 0.1) is 0 Å². The molecule has 0 heterocycles. The van der Waals surface area contributed by atoms with Gasteiger partial charge < -0.3 is 10.6 Å². The molecular formula is C15H19N3O2S. The molecule has 0 bridgehead atoms. The first kappa shape index (κ1) is 15.3. The second kappa shape index (κ2) is 6.15. The lowest BCUT2D eigenvalue weighted by Crippen LogP contribution is -2.23. The van der Waals surface area contributed by atoms with Crippen molar-refractivity contribution in [3.8, 4) is 0 Å². The summed E-state index contributed by atoms with van der Waals surface area (Å²) in [4.78, 5) is 2.07. The molecule has 0 aliphatic rings. The molecule has 5 nitrogen and oxygen atoms in total. The van der Waals surface area contributed by atoms with Gasteiger partial charge in [0.1, 0.15) is 0 Å². The molecule has 0 aromatic heterocycles. The smallest absolute Gasteiger partial charge is 0.238 e. The summed E-state index contributed by atoms with van der Waals surface area (Å²) in [5, 5.41) is 5.19. The van der Waals surface area contributed by atoms with Gasteiger partial charge in [-0.15, -0.1) is 0 Å². The standard InChI is InChI=1S/C15H19N3O2S/c1-2-18(11-12-6-4-3-5-7-12)14-8-13(16)9-15(10-14)21(17,19)20/h3-10H,2,11,16H2,1H3,(H2,17,19,20). The van der Waals surface area contributed by atoms with E-state index in [1.54, 1.807) is 12.1 Å². The van der Waals surface area contributed by atoms with Crippen molar-refractivity contribution in [2.45, 2.75) is 18.4 Å². The molecule has 0 atom stereocenters. The van der Waals surface area contributed by atoms with Gasteiger partial charge in [-0.05, 0) is 30.7 Å². The summed E-state index contributed by atoms with van der Waals surface area (Å²) < 4.78 is 23.0. The number of benzene rings is 2. The Kier molecular flexibility index (Phi) is 4.50. The average molecular weight is 305 g/mol. The zero-order valence-corrected chi connectivity index (χ0v) is 12.7. The van der Waals surface area contributed by atoms with E-state index in [-0.39, 0.29) is 4.90 Å². The monoisotopic (exact) mass is 305 g/mol. The van der Waals surface area contributed by atoms with E-state index in [4.69, 9.17) is 10.9 Å². The zero-order valence-electron chi connectivity index (χ0n) is 11.9. The minimum absolute atomic E-state index is 0.0315. The second-order valence-corrected chi connectivity index (χ2v) is 6.37. The van der Waals surface area contributed by atoms with Crippen molar-refractivity contribution in [2.24, 2.45) is 5.14 Å². The van der Waals surface area contributed by atoms with Crippen LogP contribution in [0.2, 0.25) is 0 Å². The second-order valence-electron chi connectivity index (χ2n) is 4.81. The summed E-state index contributed by atoms with van der Waals surface area (Å²) in [6.07, 6.45) is 0. The summed E-state index contributed by atoms with van der Waals surface area (Å²) in [6.45, 7) is 3.40. The summed E-state index contributed by atoms with van der Waals surface area (Å²) >= 11 is 0. The van der Waals surface area contributed by atoms with Crippen LogP contribution in [0.4, 0.5) is 11.4 Å². The predicted molar refractivity (Wildman–Crippen MR) is 85.4 cm³/mol. The van der Waals surface area contributed by atoms with Crippen molar-refractivity contribution in [2.75, 3.05) is 17.2 Å². The van der Waals surface area contributed by atoms with Gasteiger partial charge in [-0.2, -0.15) is 0 Å². The third kappa shape index (κ3) is 3.96. The Hall–Kier alpha value is -2.05. The van der Waals surface area contributed by atoms with Crippen molar-refractivity contribution in [3.63, 3.8) is 0 Å². The van der Waals surface area contributed by atoms with Crippen LogP contribution >= 0.6 is 0 Å². The predicted octanol–water partition coefficient (Wildman–Crippen LogP) is 1.94. The van der Waals surface area contributed by atoms with Gasteiger partial charge in [0.05, 0.1) is 4.90 Å². The third-order valence-corrected chi connectivity index (χ3v) is 4.10. The first-order valence-corrected chi connectivity index (χ1v) is 8.17. The van der Waals surface area contributed by atoms with Crippen molar-refractivity contribution in [1.29, 1.82) is 0 Å². The molecule has 6 heteroatoms. The van der Waals surface area contributed by atoms with Gasteiger partial charge in [0.15, 0.2) is 0 Å². The molecule has 0 unspecified atom stereocenters. The van der Waals surface area contributed by atoms with Crippen molar-refractivity contribution >= 4 is 21.4 Å². The number of hydrogen-bond acceptors (Lipinski definition) is 4. The van der Waals surface area contributed by atoms with E-state index in [9.17, 15) is 8.42 Å². The van der Waals surface area contributed by atoms with Gasteiger partial charge >= 0.3 is 0 Å². The van der Waals surface area contributed by atoms with E-state index < -0.39 is 10.0 Å². The number of hydrogen-bond donors (Lipinski definition) is 2. The third-order valence-electron chi connectivity index (χ3n) is 3.21. The van der Waals surface area contributed by atoms with Crippen molar-refractivity contribution in [1.82, 2.24) is 0 Å². The molecule has 0 saturated carbocycles. The van der Waals surface area contributed by atoms with Gasteiger partial charge in [-0.1, -0.05) is 30.3 Å². The fourth-order valence-corrected chi connectivity index (χ4v) is 2.73. The lowest BCUT2D eigenvalue weighted by atomic mass is 10.2. The Morgan fingerprint density at radius 3 is 2.33 bits per heavy atom. The first-order chi connectivity index (χ1) is 9.90. The molecule has 112 valence electrons. The lowest BCUT2D eigenvalue weighted by Gasteiger charge is -2.24. The van der Waals surface area contributed by atoms with E-state index in [1.807, 2.05) is 42.2 Å². The first-order valence-electron chi connectivity index (χ1n) is 6.62. The normalized spacial score (nSPS) is 11.3. The van der Waals surface area contributed by atoms with E-state index in [0.717, 1.165) is 17.8 Å². The van der Waals surface area contributed by atoms with Crippen LogP contribution in [0.1, 0.15) is 12.5 Å². The van der Waals surface area contributed by atoms with E-state index in [0.29, 0.717) is 12.2 Å². The molecule has 4 N–H and O–H groups in total.